The molecule has 3 heterocycles. The van der Waals surface area contributed by atoms with Crippen LogP contribution in [0.4, 0.5) is 11.4 Å². The Hall–Kier alpha value is -2.70. The van der Waals surface area contributed by atoms with E-state index in [9.17, 15) is 4.79 Å². The Kier molecular flexibility index (Phi) is 4.81. The van der Waals surface area contributed by atoms with Crippen LogP contribution in [0, 0.1) is 0 Å². The van der Waals surface area contributed by atoms with E-state index < -0.39 is 0 Å². The Balaban J connectivity index is 1.57. The number of morpholine rings is 1. The monoisotopic (exact) mass is 405 g/mol. The van der Waals surface area contributed by atoms with E-state index in [1.807, 2.05) is 6.07 Å². The van der Waals surface area contributed by atoms with Crippen molar-refractivity contribution in [3.05, 3.63) is 70.0 Å². The molecule has 2 aromatic carbocycles. The molecule has 2 aliphatic heterocycles. The van der Waals surface area contributed by atoms with Crippen molar-refractivity contribution in [3.63, 3.8) is 0 Å². The predicted molar refractivity (Wildman–Crippen MR) is 118 cm³/mol. The van der Waals surface area contributed by atoms with Gasteiger partial charge in [-0.15, -0.1) is 0 Å². The van der Waals surface area contributed by atoms with Crippen molar-refractivity contribution in [2.24, 2.45) is 0 Å². The van der Waals surface area contributed by atoms with Crippen molar-refractivity contribution in [2.75, 3.05) is 36.9 Å². The summed E-state index contributed by atoms with van der Waals surface area (Å²) in [5.41, 5.74) is 12.3. The van der Waals surface area contributed by atoms with E-state index in [4.69, 9.17) is 10.5 Å². The summed E-state index contributed by atoms with van der Waals surface area (Å²) in [6, 6.07) is 16.3. The fourth-order valence-corrected chi connectivity index (χ4v) is 5.32. The van der Waals surface area contributed by atoms with Crippen LogP contribution in [0.5, 0.6) is 0 Å². The minimum Gasteiger partial charge on any atom is -0.399 e. The highest BCUT2D eigenvalue weighted by molar-refractivity contribution is 7.99. The van der Waals surface area contributed by atoms with E-state index in [0.717, 1.165) is 48.6 Å². The summed E-state index contributed by atoms with van der Waals surface area (Å²) in [4.78, 5) is 20.2. The van der Waals surface area contributed by atoms with Gasteiger partial charge in [0, 0.05) is 45.9 Å². The van der Waals surface area contributed by atoms with Crippen LogP contribution in [0.3, 0.4) is 0 Å². The summed E-state index contributed by atoms with van der Waals surface area (Å²) in [6.07, 6.45) is 1.89. The molecule has 29 heavy (non-hydrogen) atoms. The SMILES string of the molecule is Nc1ccc2c(c1)Sc1cccc(-c3cc(N4CCOCC4)cc(=O)[nH]3)c1CC2. The molecule has 6 heteroatoms. The molecule has 5 rings (SSSR count). The third kappa shape index (κ3) is 3.66. The molecule has 5 nitrogen and oxygen atoms in total. The summed E-state index contributed by atoms with van der Waals surface area (Å²) < 4.78 is 5.45. The van der Waals surface area contributed by atoms with Crippen LogP contribution >= 0.6 is 11.8 Å². The lowest BCUT2D eigenvalue weighted by Gasteiger charge is -2.29. The normalized spacial score (nSPS) is 16.1. The first-order chi connectivity index (χ1) is 14.2. The van der Waals surface area contributed by atoms with Gasteiger partial charge in [-0.3, -0.25) is 4.79 Å². The minimum absolute atomic E-state index is 0.0704. The summed E-state index contributed by atoms with van der Waals surface area (Å²) in [6.45, 7) is 3.01. The number of ether oxygens (including phenoxy) is 1. The van der Waals surface area contributed by atoms with E-state index in [-0.39, 0.29) is 5.56 Å². The van der Waals surface area contributed by atoms with Crippen LogP contribution in [-0.2, 0) is 17.6 Å². The number of pyridine rings is 1. The average Bonchev–Trinajstić information content (AvgIpc) is 2.92. The number of hydrogen-bond donors (Lipinski definition) is 2. The summed E-state index contributed by atoms with van der Waals surface area (Å²) >= 11 is 1.76. The second-order valence-corrected chi connectivity index (χ2v) is 8.55. The molecule has 148 valence electrons. The molecule has 0 aliphatic carbocycles. The second kappa shape index (κ2) is 7.61. The molecule has 0 bridgehead atoms. The maximum atomic E-state index is 12.4. The van der Waals surface area contributed by atoms with Gasteiger partial charge in [0.1, 0.15) is 0 Å². The van der Waals surface area contributed by atoms with Gasteiger partial charge in [-0.25, -0.2) is 0 Å². The maximum absolute atomic E-state index is 12.4. The van der Waals surface area contributed by atoms with Crippen LogP contribution in [0.1, 0.15) is 11.1 Å². The molecular weight excluding hydrogens is 382 g/mol. The number of benzene rings is 2. The molecule has 0 spiro atoms. The number of aromatic nitrogens is 1. The Morgan fingerprint density at radius 1 is 1.00 bits per heavy atom. The molecule has 0 radical (unpaired) electrons. The maximum Gasteiger partial charge on any atom is 0.250 e. The number of nitrogens with two attached hydrogens (primary N) is 1. The molecular formula is C23H23N3O2S. The Bertz CT molecular complexity index is 1120. The average molecular weight is 406 g/mol. The Labute approximate surface area is 173 Å². The van der Waals surface area contributed by atoms with E-state index in [1.54, 1.807) is 17.8 Å². The van der Waals surface area contributed by atoms with Gasteiger partial charge < -0.3 is 20.4 Å². The molecule has 0 amide bonds. The lowest BCUT2D eigenvalue weighted by atomic mass is 9.97. The van der Waals surface area contributed by atoms with Crippen LogP contribution < -0.4 is 16.2 Å². The molecule has 0 atom stereocenters. The third-order valence-electron chi connectivity index (χ3n) is 5.58. The number of nitrogens with zero attached hydrogens (tertiary/aromatic N) is 1. The van der Waals surface area contributed by atoms with Gasteiger partial charge in [-0.1, -0.05) is 30.0 Å². The highest BCUT2D eigenvalue weighted by Gasteiger charge is 2.19. The van der Waals surface area contributed by atoms with Gasteiger partial charge >= 0.3 is 0 Å². The first-order valence-electron chi connectivity index (χ1n) is 9.93. The van der Waals surface area contributed by atoms with Crippen molar-refractivity contribution in [3.8, 4) is 11.3 Å². The lowest BCUT2D eigenvalue weighted by molar-refractivity contribution is 0.122. The van der Waals surface area contributed by atoms with E-state index in [0.29, 0.717) is 13.2 Å². The van der Waals surface area contributed by atoms with Crippen LogP contribution in [0.15, 0.2) is 63.1 Å². The number of nitrogen functional groups attached to an aromatic ring is 1. The van der Waals surface area contributed by atoms with Gasteiger partial charge in [0.05, 0.1) is 18.9 Å². The van der Waals surface area contributed by atoms with Crippen LogP contribution in [0.25, 0.3) is 11.3 Å². The molecule has 0 saturated carbocycles. The molecule has 3 N–H and O–H groups in total. The zero-order valence-electron chi connectivity index (χ0n) is 16.1. The fourth-order valence-electron chi connectivity index (χ4n) is 4.10. The molecule has 1 aromatic heterocycles. The van der Waals surface area contributed by atoms with Crippen molar-refractivity contribution >= 4 is 23.1 Å². The largest absolute Gasteiger partial charge is 0.399 e. The van der Waals surface area contributed by atoms with Gasteiger partial charge in [0.15, 0.2) is 0 Å². The fraction of sp³-hybridized carbons (Fsp3) is 0.261. The number of anilines is 2. The summed E-state index contributed by atoms with van der Waals surface area (Å²) in [7, 11) is 0. The highest BCUT2D eigenvalue weighted by atomic mass is 32.2. The number of aryl methyl sites for hydroxylation is 1. The first-order valence-corrected chi connectivity index (χ1v) is 10.7. The zero-order valence-corrected chi connectivity index (χ0v) is 16.9. The van der Waals surface area contributed by atoms with E-state index in [2.05, 4.69) is 46.3 Å². The Morgan fingerprint density at radius 3 is 2.72 bits per heavy atom. The molecule has 0 unspecified atom stereocenters. The number of hydrogen-bond acceptors (Lipinski definition) is 5. The number of H-pyrrole nitrogens is 1. The number of fused-ring (bicyclic) bond motifs is 2. The third-order valence-corrected chi connectivity index (χ3v) is 6.79. The quantitative estimate of drug-likeness (QED) is 0.636. The molecule has 1 fully saturated rings. The molecule has 1 saturated heterocycles. The zero-order chi connectivity index (χ0) is 19.8. The van der Waals surface area contributed by atoms with Gasteiger partial charge in [0.2, 0.25) is 5.56 Å². The number of aromatic amines is 1. The van der Waals surface area contributed by atoms with Crippen molar-refractivity contribution in [1.82, 2.24) is 4.98 Å². The summed E-state index contributed by atoms with van der Waals surface area (Å²) in [5, 5.41) is 0. The molecule has 2 aliphatic rings. The van der Waals surface area contributed by atoms with E-state index >= 15 is 0 Å². The summed E-state index contributed by atoms with van der Waals surface area (Å²) in [5.74, 6) is 0. The number of rotatable bonds is 2. The van der Waals surface area contributed by atoms with Crippen molar-refractivity contribution in [1.29, 1.82) is 0 Å². The topological polar surface area (TPSA) is 71.3 Å². The second-order valence-electron chi connectivity index (χ2n) is 7.47. The van der Waals surface area contributed by atoms with Gasteiger partial charge in [-0.2, -0.15) is 0 Å². The van der Waals surface area contributed by atoms with Crippen molar-refractivity contribution in [2.45, 2.75) is 22.6 Å². The highest BCUT2D eigenvalue weighted by Crippen LogP contribution is 2.41. The minimum atomic E-state index is -0.0704. The van der Waals surface area contributed by atoms with Gasteiger partial charge in [-0.05, 0) is 48.2 Å². The Morgan fingerprint density at radius 2 is 1.86 bits per heavy atom. The smallest absolute Gasteiger partial charge is 0.250 e. The van der Waals surface area contributed by atoms with Crippen LogP contribution in [-0.4, -0.2) is 31.3 Å². The van der Waals surface area contributed by atoms with Gasteiger partial charge in [0.25, 0.3) is 0 Å². The first kappa shape index (κ1) is 18.3. The predicted octanol–water partition coefficient (Wildman–Crippen LogP) is 3.71. The molecule has 3 aromatic rings. The van der Waals surface area contributed by atoms with E-state index in [1.165, 1.54) is 20.9 Å². The van der Waals surface area contributed by atoms with Crippen LogP contribution in [0.2, 0.25) is 0 Å². The lowest BCUT2D eigenvalue weighted by Crippen LogP contribution is -2.36. The van der Waals surface area contributed by atoms with Crippen molar-refractivity contribution < 1.29 is 4.74 Å². The number of nitrogens with one attached hydrogen (secondary N) is 1. The standard InChI is InChI=1S/C23H23N3O2S/c24-16-6-4-15-5-7-19-18(2-1-3-21(19)29-22(15)12-16)20-13-17(14-23(27)25-20)26-8-10-28-11-9-26/h1-4,6,12-14H,5,7-11,24H2,(H,25,27).